The van der Waals surface area contributed by atoms with E-state index in [1.165, 1.54) is 30.5 Å². The minimum absolute atomic E-state index is 0.0694. The Balaban J connectivity index is 1.23. The summed E-state index contributed by atoms with van der Waals surface area (Å²) in [4.78, 5) is 2.84. The van der Waals surface area contributed by atoms with Crippen LogP contribution in [0.15, 0.2) is 36.4 Å². The summed E-state index contributed by atoms with van der Waals surface area (Å²) in [5.41, 5.74) is 3.54. The van der Waals surface area contributed by atoms with Crippen molar-refractivity contribution in [3.05, 3.63) is 53.1 Å². The Labute approximate surface area is 225 Å². The van der Waals surface area contributed by atoms with Gasteiger partial charge in [0.1, 0.15) is 24.1 Å². The van der Waals surface area contributed by atoms with Crippen LogP contribution in [0.2, 0.25) is 0 Å². The van der Waals surface area contributed by atoms with Gasteiger partial charge < -0.3 is 24.1 Å². The number of aliphatic hydroxyl groups is 1. The van der Waals surface area contributed by atoms with E-state index in [4.69, 9.17) is 18.9 Å². The molecule has 2 unspecified atom stereocenters. The van der Waals surface area contributed by atoms with Gasteiger partial charge in [0.15, 0.2) is 11.5 Å². The van der Waals surface area contributed by atoms with Crippen LogP contribution in [0.4, 0.5) is 0 Å². The number of aliphatic hydroxyl groups excluding tert-OH is 1. The van der Waals surface area contributed by atoms with E-state index in [0.717, 1.165) is 67.4 Å². The van der Waals surface area contributed by atoms with E-state index in [1.807, 2.05) is 19.2 Å². The zero-order chi connectivity index (χ0) is 25.7. The van der Waals surface area contributed by atoms with E-state index in [0.29, 0.717) is 12.6 Å². The van der Waals surface area contributed by atoms with Crippen LogP contribution in [0.3, 0.4) is 0 Å². The number of fused-ring (bicyclic) bond motifs is 2. The number of ether oxygens (including phenoxy) is 4. The third-order valence-electron chi connectivity index (χ3n) is 11.6. The molecule has 2 aromatic rings. The molecule has 0 radical (unpaired) electrons. The van der Waals surface area contributed by atoms with Crippen LogP contribution in [-0.2, 0) is 23.2 Å². The van der Waals surface area contributed by atoms with E-state index in [1.54, 1.807) is 7.11 Å². The van der Waals surface area contributed by atoms with E-state index < -0.39 is 5.60 Å². The van der Waals surface area contributed by atoms with Gasteiger partial charge in [-0.25, -0.2) is 0 Å². The third-order valence-corrected chi connectivity index (χ3v) is 11.6. The summed E-state index contributed by atoms with van der Waals surface area (Å²) in [6.45, 7) is 3.00. The van der Waals surface area contributed by atoms with Crippen LogP contribution >= 0.6 is 0 Å². The molecule has 2 aromatic carbocycles. The number of hydrogen-bond acceptors (Lipinski definition) is 6. The maximum Gasteiger partial charge on any atom is 0.166 e. The molecule has 2 heterocycles. The lowest BCUT2D eigenvalue weighted by molar-refractivity contribution is -0.281. The number of piperidine rings is 1. The Morgan fingerprint density at radius 2 is 1.89 bits per heavy atom. The fraction of sp³-hybridized carbons (Fsp3) is 0.625. The molecule has 1 saturated heterocycles. The first-order chi connectivity index (χ1) is 18.6. The van der Waals surface area contributed by atoms with Crippen molar-refractivity contribution < 1.29 is 24.1 Å². The average Bonchev–Trinajstić information content (AvgIpc) is 3.70. The fourth-order valence-electron chi connectivity index (χ4n) is 9.75. The predicted octanol–water partition coefficient (Wildman–Crippen LogP) is 4.49. The van der Waals surface area contributed by atoms with Gasteiger partial charge in [-0.3, -0.25) is 4.90 Å². The van der Waals surface area contributed by atoms with Crippen LogP contribution in [0.5, 0.6) is 17.2 Å². The second kappa shape index (κ2) is 8.12. The molecule has 0 amide bonds. The first-order valence-corrected chi connectivity index (χ1v) is 14.6. The van der Waals surface area contributed by atoms with E-state index >= 15 is 0 Å². The maximum absolute atomic E-state index is 10.7. The van der Waals surface area contributed by atoms with Gasteiger partial charge in [0.2, 0.25) is 0 Å². The monoisotopic (exact) mass is 517 g/mol. The Kier molecular flexibility index (Phi) is 5.04. The van der Waals surface area contributed by atoms with Crippen molar-refractivity contribution in [2.45, 2.75) is 74.7 Å². The number of methoxy groups -OCH3 is 2. The Morgan fingerprint density at radius 3 is 2.63 bits per heavy atom. The minimum atomic E-state index is -0.458. The van der Waals surface area contributed by atoms with Crippen LogP contribution < -0.4 is 14.2 Å². The average molecular weight is 518 g/mol. The first kappa shape index (κ1) is 23.6. The van der Waals surface area contributed by atoms with Gasteiger partial charge in [-0.05, 0) is 86.7 Å². The zero-order valence-corrected chi connectivity index (χ0v) is 22.6. The Morgan fingerprint density at radius 1 is 1.05 bits per heavy atom. The van der Waals surface area contributed by atoms with E-state index in [-0.39, 0.29) is 29.5 Å². The van der Waals surface area contributed by atoms with Gasteiger partial charge >= 0.3 is 0 Å². The molecule has 9 rings (SSSR count). The summed E-state index contributed by atoms with van der Waals surface area (Å²) in [7, 11) is 3.53. The summed E-state index contributed by atoms with van der Waals surface area (Å²) < 4.78 is 25.4. The molecule has 6 atom stereocenters. The molecular weight excluding hydrogens is 478 g/mol. The lowest BCUT2D eigenvalue weighted by atomic mass is 9.35. The highest BCUT2D eigenvalue weighted by Crippen LogP contribution is 2.76. The van der Waals surface area contributed by atoms with Crippen molar-refractivity contribution in [1.82, 2.24) is 4.90 Å². The van der Waals surface area contributed by atoms with Gasteiger partial charge in [0.05, 0.1) is 7.11 Å². The van der Waals surface area contributed by atoms with Crippen LogP contribution in [0.1, 0.15) is 55.2 Å². The van der Waals surface area contributed by atoms with Gasteiger partial charge in [-0.1, -0.05) is 18.2 Å². The van der Waals surface area contributed by atoms with Crippen LogP contribution in [0.25, 0.3) is 0 Å². The number of rotatable bonds is 8. The molecule has 6 heteroatoms. The molecule has 6 nitrogen and oxygen atoms in total. The topological polar surface area (TPSA) is 60.4 Å². The molecule has 2 spiro atoms. The number of benzene rings is 2. The summed E-state index contributed by atoms with van der Waals surface area (Å²) in [5, 5.41) is 10.7. The van der Waals surface area contributed by atoms with Crippen molar-refractivity contribution in [1.29, 1.82) is 0 Å². The Hall–Kier alpha value is -2.28. The number of likely N-dealkylation sites (tertiary alicyclic amines) is 1. The molecule has 4 bridgehead atoms. The van der Waals surface area contributed by atoms with Crippen molar-refractivity contribution >= 4 is 0 Å². The minimum Gasteiger partial charge on any atom is -0.497 e. The standard InChI is InChI=1S/C32H39NO5/c1-35-24-8-5-21(6-9-24)19-37-25-10-7-22-15-26-30-11-12-32(36-2,23(16-30)18-34)29-31(30,27(22)28(25)38-29)13-14-33(26)17-20-3-4-20/h5-10,20,23,26,29,34H,3-4,11-19H2,1-2H3/t23-,26-,29-,30?,31+,32?/m1/s1. The molecule has 7 aliphatic rings. The largest absolute Gasteiger partial charge is 0.497 e. The Bertz CT molecular complexity index is 1260. The first-order valence-electron chi connectivity index (χ1n) is 14.6. The van der Waals surface area contributed by atoms with Crippen molar-refractivity contribution in [3.8, 4) is 17.2 Å². The third kappa shape index (κ3) is 2.84. The van der Waals surface area contributed by atoms with Crippen molar-refractivity contribution in [2.75, 3.05) is 33.9 Å². The van der Waals surface area contributed by atoms with Crippen molar-refractivity contribution in [3.63, 3.8) is 0 Å². The van der Waals surface area contributed by atoms with Gasteiger partial charge in [-0.2, -0.15) is 0 Å². The highest BCUT2D eigenvalue weighted by Gasteiger charge is 2.80. The molecular formula is C32H39NO5. The van der Waals surface area contributed by atoms with Gasteiger partial charge in [0.25, 0.3) is 0 Å². The SMILES string of the molecule is COc1ccc(COc2ccc3c4c2O[C@H]2C5(OC)CCC6(C[C@@H]5CO)[C@@H](C3)N(CC3CC3)CC[C@]426)cc1. The normalized spacial score (nSPS) is 38.0. The molecule has 1 N–H and O–H groups in total. The summed E-state index contributed by atoms with van der Waals surface area (Å²) in [6, 6.07) is 13.0. The summed E-state index contributed by atoms with van der Waals surface area (Å²) >= 11 is 0. The molecule has 5 aliphatic carbocycles. The lowest BCUT2D eigenvalue weighted by Gasteiger charge is -2.73. The smallest absolute Gasteiger partial charge is 0.166 e. The van der Waals surface area contributed by atoms with Gasteiger partial charge in [-0.15, -0.1) is 0 Å². The van der Waals surface area contributed by atoms with Crippen LogP contribution in [0, 0.1) is 17.3 Å². The molecule has 38 heavy (non-hydrogen) atoms. The zero-order valence-electron chi connectivity index (χ0n) is 22.6. The quantitative estimate of drug-likeness (QED) is 0.557. The van der Waals surface area contributed by atoms with Gasteiger partial charge in [0, 0.05) is 48.6 Å². The lowest BCUT2D eigenvalue weighted by Crippen LogP contribution is -2.81. The maximum atomic E-state index is 10.7. The highest BCUT2D eigenvalue weighted by molar-refractivity contribution is 5.63. The molecule has 202 valence electrons. The van der Waals surface area contributed by atoms with E-state index in [2.05, 4.69) is 29.2 Å². The number of nitrogens with zero attached hydrogens (tertiary/aromatic N) is 1. The molecule has 4 saturated carbocycles. The fourth-order valence-corrected chi connectivity index (χ4v) is 9.75. The summed E-state index contributed by atoms with van der Waals surface area (Å²) in [6.07, 6.45) is 8.00. The van der Waals surface area contributed by atoms with Crippen LogP contribution in [-0.4, -0.2) is 61.7 Å². The van der Waals surface area contributed by atoms with Crippen molar-refractivity contribution in [2.24, 2.45) is 17.3 Å². The summed E-state index contributed by atoms with van der Waals surface area (Å²) in [5.74, 6) is 3.60. The van der Waals surface area contributed by atoms with E-state index in [9.17, 15) is 5.11 Å². The second-order valence-corrected chi connectivity index (χ2v) is 12.8. The molecule has 2 aliphatic heterocycles. The second-order valence-electron chi connectivity index (χ2n) is 12.8. The molecule has 5 fully saturated rings. The predicted molar refractivity (Wildman–Crippen MR) is 143 cm³/mol. The molecule has 0 aromatic heterocycles. The number of hydrogen-bond donors (Lipinski definition) is 1. The highest BCUT2D eigenvalue weighted by atomic mass is 16.6.